The van der Waals surface area contributed by atoms with Gasteiger partial charge >= 0.3 is 5.69 Å². The molecule has 0 saturated heterocycles. The molecule has 0 aliphatic carbocycles. The highest BCUT2D eigenvalue weighted by molar-refractivity contribution is 6.42. The van der Waals surface area contributed by atoms with Crippen LogP contribution in [0.25, 0.3) is 0 Å². The zero-order valence-electron chi connectivity index (χ0n) is 9.14. The lowest BCUT2D eigenvalue weighted by Crippen LogP contribution is -1.95. The predicted octanol–water partition coefficient (Wildman–Crippen LogP) is 4.74. The summed E-state index contributed by atoms with van der Waals surface area (Å²) in [6.45, 7) is 0. The molecular weight excluding hydrogens is 314 g/mol. The van der Waals surface area contributed by atoms with Gasteiger partial charge in [0.1, 0.15) is 5.02 Å². The van der Waals surface area contributed by atoms with Crippen LogP contribution in [0.1, 0.15) is 0 Å². The summed E-state index contributed by atoms with van der Waals surface area (Å²) in [5.41, 5.74) is -0.202. The monoisotopic (exact) mass is 318 g/mol. The molecule has 1 aromatic heterocycles. The number of hydrogen-bond acceptors (Lipinski definition) is 4. The van der Waals surface area contributed by atoms with Crippen molar-refractivity contribution in [3.05, 3.63) is 55.6 Å². The van der Waals surface area contributed by atoms with E-state index >= 15 is 0 Å². The smallest absolute Gasteiger partial charge is 0.311 e. The van der Waals surface area contributed by atoms with Crippen molar-refractivity contribution in [3.8, 4) is 11.6 Å². The number of hydrogen-bond donors (Lipinski definition) is 0. The van der Waals surface area contributed by atoms with Gasteiger partial charge in [0.05, 0.1) is 9.95 Å². The number of aromatic nitrogens is 1. The molecule has 8 heteroatoms. The Morgan fingerprint density at radius 1 is 1.16 bits per heavy atom. The second kappa shape index (κ2) is 5.61. The minimum atomic E-state index is -0.569. The van der Waals surface area contributed by atoms with Crippen molar-refractivity contribution in [1.82, 2.24) is 4.98 Å². The Morgan fingerprint density at radius 3 is 2.53 bits per heavy atom. The van der Waals surface area contributed by atoms with Gasteiger partial charge in [-0.3, -0.25) is 10.1 Å². The van der Waals surface area contributed by atoms with Gasteiger partial charge in [-0.15, -0.1) is 0 Å². The summed E-state index contributed by atoms with van der Waals surface area (Å²) in [7, 11) is 0. The third-order valence-corrected chi connectivity index (χ3v) is 3.07. The quantitative estimate of drug-likeness (QED) is 0.465. The normalized spacial score (nSPS) is 10.3. The number of benzene rings is 1. The molecule has 2 aromatic rings. The molecule has 0 aliphatic heterocycles. The SMILES string of the molecule is O=[N+]([O-])c1ccccc1Oc1nc(Cl)c(Cl)cc1Cl. The van der Waals surface area contributed by atoms with E-state index in [9.17, 15) is 10.1 Å². The number of nitro benzene ring substituents is 1. The van der Waals surface area contributed by atoms with Crippen LogP contribution < -0.4 is 4.74 Å². The van der Waals surface area contributed by atoms with E-state index < -0.39 is 4.92 Å². The topological polar surface area (TPSA) is 65.3 Å². The lowest BCUT2D eigenvalue weighted by molar-refractivity contribution is -0.385. The van der Waals surface area contributed by atoms with Crippen LogP contribution in [0.5, 0.6) is 11.6 Å². The fourth-order valence-electron chi connectivity index (χ4n) is 1.30. The fraction of sp³-hybridized carbons (Fsp3) is 0. The van der Waals surface area contributed by atoms with Crippen LogP contribution in [0, 0.1) is 10.1 Å². The standard InChI is InChI=1S/C11H5Cl3N2O3/c12-6-5-7(13)11(15-10(6)14)19-9-4-2-1-3-8(9)16(17)18/h1-5H. The molecule has 0 aliphatic rings. The molecule has 0 bridgehead atoms. The third-order valence-electron chi connectivity index (χ3n) is 2.12. The lowest BCUT2D eigenvalue weighted by atomic mass is 10.3. The van der Waals surface area contributed by atoms with Gasteiger partial charge in [-0.1, -0.05) is 46.9 Å². The number of pyridine rings is 1. The highest BCUT2D eigenvalue weighted by Crippen LogP contribution is 2.36. The van der Waals surface area contributed by atoms with Gasteiger partial charge in [-0.05, 0) is 12.1 Å². The first-order valence-corrected chi connectivity index (χ1v) is 6.05. The molecule has 0 spiro atoms. The van der Waals surface area contributed by atoms with Crippen molar-refractivity contribution >= 4 is 40.5 Å². The number of para-hydroxylation sites is 2. The first kappa shape index (κ1) is 13.9. The molecule has 98 valence electrons. The Balaban J connectivity index is 2.42. The fourth-order valence-corrected chi connectivity index (χ4v) is 1.83. The van der Waals surface area contributed by atoms with Crippen molar-refractivity contribution < 1.29 is 9.66 Å². The molecule has 0 fully saturated rings. The second-order valence-electron chi connectivity index (χ2n) is 3.37. The number of nitro groups is 1. The first-order valence-electron chi connectivity index (χ1n) is 4.92. The summed E-state index contributed by atoms with van der Waals surface area (Å²) in [6, 6.07) is 7.20. The maximum Gasteiger partial charge on any atom is 0.311 e. The second-order valence-corrected chi connectivity index (χ2v) is 4.55. The number of rotatable bonds is 3. The number of nitrogens with zero attached hydrogens (tertiary/aromatic N) is 2. The minimum Gasteiger partial charge on any atom is -0.430 e. The highest BCUT2D eigenvalue weighted by Gasteiger charge is 2.17. The molecule has 1 aromatic carbocycles. The molecule has 0 radical (unpaired) electrons. The first-order chi connectivity index (χ1) is 8.99. The third kappa shape index (κ3) is 3.07. The van der Waals surface area contributed by atoms with E-state index in [0.717, 1.165) is 0 Å². The van der Waals surface area contributed by atoms with Crippen LogP contribution in [-0.2, 0) is 0 Å². The molecule has 0 N–H and O–H groups in total. The zero-order chi connectivity index (χ0) is 14.0. The van der Waals surface area contributed by atoms with E-state index in [0.29, 0.717) is 0 Å². The van der Waals surface area contributed by atoms with Crippen molar-refractivity contribution in [2.24, 2.45) is 0 Å². The van der Waals surface area contributed by atoms with Crippen molar-refractivity contribution in [2.75, 3.05) is 0 Å². The van der Waals surface area contributed by atoms with Crippen LogP contribution in [0.4, 0.5) is 5.69 Å². The Hall–Kier alpha value is -1.56. The van der Waals surface area contributed by atoms with Gasteiger partial charge in [0.2, 0.25) is 11.6 Å². The molecule has 0 atom stereocenters. The summed E-state index contributed by atoms with van der Waals surface area (Å²) in [4.78, 5) is 14.1. The molecular formula is C11H5Cl3N2O3. The van der Waals surface area contributed by atoms with Crippen molar-refractivity contribution in [2.45, 2.75) is 0 Å². The molecule has 2 rings (SSSR count). The van der Waals surface area contributed by atoms with Crippen LogP contribution in [0.2, 0.25) is 15.2 Å². The maximum absolute atomic E-state index is 10.8. The van der Waals surface area contributed by atoms with Gasteiger partial charge in [-0.2, -0.15) is 4.98 Å². The average Bonchev–Trinajstić information content (AvgIpc) is 2.36. The Bertz CT molecular complexity index is 649. The molecule has 0 saturated carbocycles. The van der Waals surface area contributed by atoms with E-state index in [1.807, 2.05) is 0 Å². The summed E-state index contributed by atoms with van der Waals surface area (Å²) >= 11 is 17.3. The average molecular weight is 320 g/mol. The number of ether oxygens (including phenoxy) is 1. The largest absolute Gasteiger partial charge is 0.430 e. The molecule has 19 heavy (non-hydrogen) atoms. The van der Waals surface area contributed by atoms with Gasteiger partial charge in [0.15, 0.2) is 5.15 Å². The van der Waals surface area contributed by atoms with E-state index in [-0.39, 0.29) is 32.5 Å². The van der Waals surface area contributed by atoms with Gasteiger partial charge in [0, 0.05) is 6.07 Å². The van der Waals surface area contributed by atoms with Crippen LogP contribution in [-0.4, -0.2) is 9.91 Å². The van der Waals surface area contributed by atoms with E-state index in [1.165, 1.54) is 24.3 Å². The molecule has 0 amide bonds. The van der Waals surface area contributed by atoms with Crippen molar-refractivity contribution in [3.63, 3.8) is 0 Å². The Kier molecular flexibility index (Phi) is 4.09. The Labute approximate surface area is 122 Å². The van der Waals surface area contributed by atoms with Crippen LogP contribution in [0.15, 0.2) is 30.3 Å². The van der Waals surface area contributed by atoms with Gasteiger partial charge in [0.25, 0.3) is 0 Å². The minimum absolute atomic E-state index is 0.000323. The highest BCUT2D eigenvalue weighted by atomic mass is 35.5. The molecule has 1 heterocycles. The van der Waals surface area contributed by atoms with E-state index in [1.54, 1.807) is 6.07 Å². The van der Waals surface area contributed by atoms with E-state index in [2.05, 4.69) is 4.98 Å². The summed E-state index contributed by atoms with van der Waals surface area (Å²) in [5.74, 6) is -0.0364. The van der Waals surface area contributed by atoms with Gasteiger partial charge in [-0.25, -0.2) is 0 Å². The Morgan fingerprint density at radius 2 is 1.84 bits per heavy atom. The maximum atomic E-state index is 10.8. The molecule has 0 unspecified atom stereocenters. The van der Waals surface area contributed by atoms with Crippen LogP contribution in [0.3, 0.4) is 0 Å². The lowest BCUT2D eigenvalue weighted by Gasteiger charge is -2.07. The number of halogens is 3. The van der Waals surface area contributed by atoms with E-state index in [4.69, 9.17) is 39.5 Å². The summed E-state index contributed by atoms with van der Waals surface area (Å²) < 4.78 is 5.31. The van der Waals surface area contributed by atoms with Crippen molar-refractivity contribution in [1.29, 1.82) is 0 Å². The summed E-state index contributed by atoms with van der Waals surface area (Å²) in [6.07, 6.45) is 0. The summed E-state index contributed by atoms with van der Waals surface area (Å²) in [5, 5.41) is 11.1. The zero-order valence-corrected chi connectivity index (χ0v) is 11.4. The van der Waals surface area contributed by atoms with Crippen LogP contribution >= 0.6 is 34.8 Å². The van der Waals surface area contributed by atoms with Gasteiger partial charge < -0.3 is 4.74 Å². The molecule has 5 nitrogen and oxygen atoms in total. The predicted molar refractivity (Wildman–Crippen MR) is 72.4 cm³/mol.